The molecule has 10 nitrogen and oxygen atoms in total. The lowest BCUT2D eigenvalue weighted by Crippen LogP contribution is -2.41. The highest BCUT2D eigenvalue weighted by Crippen LogP contribution is 2.31. The van der Waals surface area contributed by atoms with Crippen molar-refractivity contribution in [3.8, 4) is 0 Å². The number of benzene rings is 1. The molecule has 1 fully saturated rings. The number of primary amides is 1. The van der Waals surface area contributed by atoms with Gasteiger partial charge in [0.2, 0.25) is 23.7 Å². The zero-order valence-electron chi connectivity index (χ0n) is 18.7. The van der Waals surface area contributed by atoms with E-state index in [-0.39, 0.29) is 35.5 Å². The Balaban J connectivity index is 1.56. The highest BCUT2D eigenvalue weighted by molar-refractivity contribution is 6.04. The van der Waals surface area contributed by atoms with Crippen molar-refractivity contribution < 1.29 is 14.4 Å². The molecular formula is C23H28N6O4. The van der Waals surface area contributed by atoms with Crippen molar-refractivity contribution in [2.75, 3.05) is 28.6 Å². The second-order valence-electron chi connectivity index (χ2n) is 8.89. The molecule has 3 amide bonds. The Bertz CT molecular complexity index is 1130. The maximum atomic E-state index is 13.0. The van der Waals surface area contributed by atoms with Crippen LogP contribution in [0.3, 0.4) is 0 Å². The summed E-state index contributed by atoms with van der Waals surface area (Å²) in [6.45, 7) is 5.16. The molecule has 0 bridgehead atoms. The molecule has 1 aromatic carbocycles. The van der Waals surface area contributed by atoms with Crippen molar-refractivity contribution >= 4 is 35.2 Å². The first kappa shape index (κ1) is 22.5. The number of hydrogen-bond acceptors (Lipinski definition) is 6. The number of piperidine rings is 1. The minimum Gasteiger partial charge on any atom is -0.369 e. The molecule has 0 aliphatic carbocycles. The summed E-state index contributed by atoms with van der Waals surface area (Å²) >= 11 is 0. The second-order valence-corrected chi connectivity index (χ2v) is 8.89. The van der Waals surface area contributed by atoms with Crippen molar-refractivity contribution in [3.05, 3.63) is 45.7 Å². The summed E-state index contributed by atoms with van der Waals surface area (Å²) in [7, 11) is 0. The fraction of sp³-hybridized carbons (Fsp3) is 0.435. The molecule has 2 aliphatic heterocycles. The van der Waals surface area contributed by atoms with E-state index in [1.54, 1.807) is 12.1 Å². The van der Waals surface area contributed by atoms with Crippen molar-refractivity contribution in [2.24, 2.45) is 11.7 Å². The van der Waals surface area contributed by atoms with Gasteiger partial charge in [0.1, 0.15) is 5.82 Å². The number of H-pyrrole nitrogens is 1. The van der Waals surface area contributed by atoms with Crippen LogP contribution in [0.5, 0.6) is 0 Å². The lowest BCUT2D eigenvalue weighted by Gasteiger charge is -2.32. The van der Waals surface area contributed by atoms with E-state index in [4.69, 9.17) is 5.73 Å². The van der Waals surface area contributed by atoms with Gasteiger partial charge in [-0.2, -0.15) is 4.98 Å². The van der Waals surface area contributed by atoms with Crippen LogP contribution < -0.4 is 26.8 Å². The first-order valence-electron chi connectivity index (χ1n) is 11.1. The largest absolute Gasteiger partial charge is 0.369 e. The number of rotatable bonds is 5. The Hall–Kier alpha value is -3.69. The van der Waals surface area contributed by atoms with E-state index < -0.39 is 17.4 Å². The highest BCUT2D eigenvalue weighted by atomic mass is 16.2. The molecule has 1 aromatic heterocycles. The van der Waals surface area contributed by atoms with Gasteiger partial charge in [0.15, 0.2) is 0 Å². The van der Waals surface area contributed by atoms with Gasteiger partial charge in [-0.25, -0.2) is 0 Å². The van der Waals surface area contributed by atoms with Crippen LogP contribution in [-0.2, 0) is 14.4 Å². The fourth-order valence-corrected chi connectivity index (χ4v) is 4.29. The van der Waals surface area contributed by atoms with Crippen molar-refractivity contribution in [3.63, 3.8) is 0 Å². The van der Waals surface area contributed by atoms with Crippen molar-refractivity contribution in [2.45, 2.75) is 44.9 Å². The predicted octanol–water partition coefficient (Wildman–Crippen LogP) is 1.66. The van der Waals surface area contributed by atoms with Crippen LogP contribution in [0.1, 0.15) is 56.1 Å². The summed E-state index contributed by atoms with van der Waals surface area (Å²) in [5, 5.41) is 5.43. The Morgan fingerprint density at radius 3 is 2.42 bits per heavy atom. The molecule has 1 atom stereocenters. The molecule has 0 radical (unpaired) electrons. The number of carbonyl (C=O) groups is 3. The quantitative estimate of drug-likeness (QED) is 0.542. The van der Waals surface area contributed by atoms with Crippen LogP contribution in [0.15, 0.2) is 29.1 Å². The maximum absolute atomic E-state index is 13.0. The number of aromatic amines is 1. The molecule has 0 spiro atoms. The van der Waals surface area contributed by atoms with Gasteiger partial charge in [-0.1, -0.05) is 26.0 Å². The molecule has 10 heteroatoms. The van der Waals surface area contributed by atoms with E-state index in [2.05, 4.69) is 34.4 Å². The third-order valence-electron chi connectivity index (χ3n) is 6.30. The second kappa shape index (κ2) is 9.05. The van der Waals surface area contributed by atoms with Crippen LogP contribution >= 0.6 is 0 Å². The number of amides is 3. The van der Waals surface area contributed by atoms with Gasteiger partial charge in [0.05, 0.1) is 11.5 Å². The molecule has 3 heterocycles. The SMILES string of the molecule is CC(C)c1ccc(NC(=O)[C@H]2CC(=O)Nc3nc(N4CCC(C(N)=O)CC4)[nH]c(=O)c32)cc1. The summed E-state index contributed by atoms with van der Waals surface area (Å²) < 4.78 is 0. The zero-order valence-corrected chi connectivity index (χ0v) is 18.7. The summed E-state index contributed by atoms with van der Waals surface area (Å²) in [5.41, 5.74) is 6.79. The third kappa shape index (κ3) is 4.74. The number of nitrogens with one attached hydrogen (secondary N) is 3. The monoisotopic (exact) mass is 452 g/mol. The number of carbonyl (C=O) groups excluding carboxylic acids is 3. The smallest absolute Gasteiger partial charge is 0.258 e. The number of fused-ring (bicyclic) bond motifs is 1. The van der Waals surface area contributed by atoms with E-state index in [0.29, 0.717) is 43.5 Å². The van der Waals surface area contributed by atoms with Gasteiger partial charge < -0.3 is 21.3 Å². The van der Waals surface area contributed by atoms with Gasteiger partial charge >= 0.3 is 0 Å². The molecule has 5 N–H and O–H groups in total. The Kier molecular flexibility index (Phi) is 6.17. The predicted molar refractivity (Wildman–Crippen MR) is 124 cm³/mol. The van der Waals surface area contributed by atoms with Gasteiger partial charge in [0.25, 0.3) is 5.56 Å². The summed E-state index contributed by atoms with van der Waals surface area (Å²) in [4.78, 5) is 58.7. The average molecular weight is 453 g/mol. The Morgan fingerprint density at radius 2 is 1.82 bits per heavy atom. The summed E-state index contributed by atoms with van der Waals surface area (Å²) in [5.74, 6) is -1.55. The van der Waals surface area contributed by atoms with Gasteiger partial charge in [0, 0.05) is 31.1 Å². The van der Waals surface area contributed by atoms with Gasteiger partial charge in [-0.3, -0.25) is 24.2 Å². The molecule has 174 valence electrons. The van der Waals surface area contributed by atoms with Gasteiger partial charge in [-0.05, 0) is 36.5 Å². The molecule has 2 aliphatic rings. The zero-order chi connectivity index (χ0) is 23.7. The molecule has 0 unspecified atom stereocenters. The van der Waals surface area contributed by atoms with E-state index in [9.17, 15) is 19.2 Å². The van der Waals surface area contributed by atoms with Crippen LogP contribution in [0.2, 0.25) is 0 Å². The number of anilines is 3. The van der Waals surface area contributed by atoms with Crippen molar-refractivity contribution in [1.82, 2.24) is 9.97 Å². The first-order valence-corrected chi connectivity index (χ1v) is 11.1. The van der Waals surface area contributed by atoms with Crippen LogP contribution in [-0.4, -0.2) is 40.8 Å². The first-order chi connectivity index (χ1) is 15.7. The third-order valence-corrected chi connectivity index (χ3v) is 6.30. The van der Waals surface area contributed by atoms with Crippen LogP contribution in [0, 0.1) is 5.92 Å². The van der Waals surface area contributed by atoms with E-state index in [0.717, 1.165) is 5.56 Å². The van der Waals surface area contributed by atoms with Crippen molar-refractivity contribution in [1.29, 1.82) is 0 Å². The van der Waals surface area contributed by atoms with E-state index in [1.165, 1.54) is 0 Å². The highest BCUT2D eigenvalue weighted by Gasteiger charge is 2.35. The standard InChI is InChI=1S/C23H28N6O4/c1-12(2)13-3-5-15(6-4-13)25-21(32)16-11-17(30)26-20-18(16)22(33)28-23(27-20)29-9-7-14(8-10-29)19(24)31/h3-6,12,14,16H,7-11H2,1-2H3,(H2,24,31)(H,25,32)(H2,26,27,28,30,33)/t16-/m0/s1. The minimum absolute atomic E-state index is 0.0948. The fourth-order valence-electron chi connectivity index (χ4n) is 4.29. The lowest BCUT2D eigenvalue weighted by molar-refractivity contribution is -0.123. The molecule has 1 saturated heterocycles. The van der Waals surface area contributed by atoms with Gasteiger partial charge in [-0.15, -0.1) is 0 Å². The maximum Gasteiger partial charge on any atom is 0.258 e. The van der Waals surface area contributed by atoms with E-state index in [1.807, 2.05) is 17.0 Å². The molecule has 4 rings (SSSR count). The molecule has 33 heavy (non-hydrogen) atoms. The number of nitrogens with two attached hydrogens (primary N) is 1. The Morgan fingerprint density at radius 1 is 1.15 bits per heavy atom. The topological polar surface area (TPSA) is 150 Å². The normalized spacial score (nSPS) is 18.6. The number of hydrogen-bond donors (Lipinski definition) is 4. The summed E-state index contributed by atoms with van der Waals surface area (Å²) in [6, 6.07) is 7.48. The molecule has 2 aromatic rings. The number of aromatic nitrogens is 2. The molecule has 0 saturated carbocycles. The van der Waals surface area contributed by atoms with Crippen LogP contribution in [0.25, 0.3) is 0 Å². The average Bonchev–Trinajstić information content (AvgIpc) is 2.78. The Labute approximate surface area is 191 Å². The lowest BCUT2D eigenvalue weighted by atomic mass is 9.92. The minimum atomic E-state index is -0.954. The van der Waals surface area contributed by atoms with E-state index >= 15 is 0 Å². The summed E-state index contributed by atoms with van der Waals surface area (Å²) in [6.07, 6.45) is 0.975. The molecular weight excluding hydrogens is 424 g/mol. The number of nitrogens with zero attached hydrogens (tertiary/aromatic N) is 2. The van der Waals surface area contributed by atoms with Crippen LogP contribution in [0.4, 0.5) is 17.5 Å².